The van der Waals surface area contributed by atoms with Gasteiger partial charge in [0.25, 0.3) is 5.91 Å². The van der Waals surface area contributed by atoms with Crippen molar-refractivity contribution in [3.8, 4) is 16.9 Å². The first-order valence-electron chi connectivity index (χ1n) is 14.9. The molecular weight excluding hydrogens is 663 g/mol. The van der Waals surface area contributed by atoms with Gasteiger partial charge in [0, 0.05) is 35.8 Å². The number of aromatic hydroxyl groups is 1. The molecule has 0 spiro atoms. The summed E-state index contributed by atoms with van der Waals surface area (Å²) in [6.07, 6.45) is 1.93. The van der Waals surface area contributed by atoms with Crippen molar-refractivity contribution in [2.45, 2.75) is 32.4 Å². The highest BCUT2D eigenvalue weighted by atomic mass is 32.2. The summed E-state index contributed by atoms with van der Waals surface area (Å²) in [6, 6.07) is 9.75. The van der Waals surface area contributed by atoms with Crippen molar-refractivity contribution in [1.82, 2.24) is 29.0 Å². The van der Waals surface area contributed by atoms with E-state index in [1.807, 2.05) is 0 Å². The number of carbonyl (C=O) groups is 4. The molecule has 4 heterocycles. The molecule has 4 N–H and O–H groups in total. The fourth-order valence-electron chi connectivity index (χ4n) is 6.29. The number of nitrogens with one attached hydrogen (secondary N) is 3. The van der Waals surface area contributed by atoms with Gasteiger partial charge in [0.05, 0.1) is 17.2 Å². The molecule has 2 saturated heterocycles. The zero-order valence-electron chi connectivity index (χ0n) is 25.9. The lowest BCUT2D eigenvalue weighted by atomic mass is 10.0. The van der Waals surface area contributed by atoms with Crippen molar-refractivity contribution in [1.29, 1.82) is 0 Å². The lowest BCUT2D eigenvalue weighted by Gasteiger charge is -2.21. The average molecular weight is 691 g/mol. The SMILES string of the molecule is Cc1c(-c2ccc3c(c2)n(C)c(=O)n3C2CCC(=O)NC2=O)cnn1CC(=O)Nc1ccc2c(F)c(N3CC(=O)NS3(=O)=O)c(O)cc2c1. The Kier molecular flexibility index (Phi) is 7.27. The molecule has 49 heavy (non-hydrogen) atoms. The largest absolute Gasteiger partial charge is 0.506 e. The number of phenolic OH excluding ortho intramolecular Hbond substituents is 1. The molecule has 7 rings (SSSR count). The van der Waals surface area contributed by atoms with Crippen LogP contribution in [0.15, 0.2) is 53.5 Å². The number of rotatable bonds is 6. The zero-order valence-corrected chi connectivity index (χ0v) is 26.7. The Hall–Kier alpha value is -6.04. The molecule has 0 aliphatic carbocycles. The van der Waals surface area contributed by atoms with Gasteiger partial charge in [-0.05, 0) is 60.7 Å². The van der Waals surface area contributed by atoms with Crippen molar-refractivity contribution in [3.63, 3.8) is 0 Å². The molecule has 2 fully saturated rings. The Bertz CT molecular complexity index is 2470. The first-order chi connectivity index (χ1) is 23.2. The number of piperidine rings is 1. The number of imidazole rings is 1. The minimum absolute atomic E-state index is 0.0465. The second-order valence-electron chi connectivity index (χ2n) is 11.8. The number of amides is 4. The monoisotopic (exact) mass is 690 g/mol. The van der Waals surface area contributed by atoms with Crippen LogP contribution in [0.5, 0.6) is 5.75 Å². The Balaban J connectivity index is 1.11. The second-order valence-corrected chi connectivity index (χ2v) is 13.4. The predicted molar refractivity (Wildman–Crippen MR) is 173 cm³/mol. The highest BCUT2D eigenvalue weighted by Gasteiger charge is 2.38. The lowest BCUT2D eigenvalue weighted by Crippen LogP contribution is -2.44. The summed E-state index contributed by atoms with van der Waals surface area (Å²) in [5.41, 5.74) is 2.36. The number of benzene rings is 3. The number of nitrogens with zero attached hydrogens (tertiary/aromatic N) is 5. The molecule has 16 nitrogen and oxygen atoms in total. The smallest absolute Gasteiger partial charge is 0.329 e. The van der Waals surface area contributed by atoms with Gasteiger partial charge in [0.15, 0.2) is 5.82 Å². The van der Waals surface area contributed by atoms with E-state index < -0.39 is 63.5 Å². The molecule has 1 unspecified atom stereocenters. The minimum atomic E-state index is -4.37. The summed E-state index contributed by atoms with van der Waals surface area (Å²) in [5, 5.41) is 20.0. The number of anilines is 2. The molecular formula is C31H27FN8O8S. The number of hydrogen-bond donors (Lipinski definition) is 4. The molecule has 3 aromatic carbocycles. The summed E-state index contributed by atoms with van der Waals surface area (Å²) in [5.74, 6) is -4.01. The minimum Gasteiger partial charge on any atom is -0.506 e. The van der Waals surface area contributed by atoms with E-state index in [0.29, 0.717) is 32.2 Å². The number of aromatic nitrogens is 4. The standard InChI is InChI=1S/C31H27FN8O8S/c1-15-20(16-3-6-21-23(10-16)37(2)31(46)40(21)22-7-8-25(42)35-30(22)45)12-33-38(15)13-26(43)34-18-4-5-19-17(9-18)11-24(41)29(28(19)32)39-14-27(44)36-49(39,47)48/h3-6,9-12,22,41H,7-8,13-14H2,1-2H3,(H,34,43)(H,36,44)(H,35,42,45). The van der Waals surface area contributed by atoms with Crippen LogP contribution in [-0.2, 0) is 43.0 Å². The molecule has 0 radical (unpaired) electrons. The van der Waals surface area contributed by atoms with Crippen LogP contribution in [0.4, 0.5) is 15.8 Å². The maximum absolute atomic E-state index is 15.4. The molecule has 1 atom stereocenters. The third-order valence-corrected chi connectivity index (χ3v) is 10.1. The predicted octanol–water partition coefficient (Wildman–Crippen LogP) is 1.31. The molecule has 2 aliphatic heterocycles. The van der Waals surface area contributed by atoms with Gasteiger partial charge in [-0.1, -0.05) is 6.07 Å². The number of aryl methyl sites for hydroxylation is 1. The van der Waals surface area contributed by atoms with Gasteiger partial charge in [0.1, 0.15) is 30.6 Å². The summed E-state index contributed by atoms with van der Waals surface area (Å²) in [7, 11) is -2.77. The van der Waals surface area contributed by atoms with Crippen LogP contribution in [0.2, 0.25) is 0 Å². The van der Waals surface area contributed by atoms with E-state index in [9.17, 15) is 37.5 Å². The zero-order chi connectivity index (χ0) is 34.9. The molecule has 252 valence electrons. The normalized spacial score (nSPS) is 17.5. The molecule has 2 aliphatic rings. The van der Waals surface area contributed by atoms with Gasteiger partial charge in [-0.25, -0.2) is 18.2 Å². The van der Waals surface area contributed by atoms with E-state index >= 15 is 4.39 Å². The number of phenols is 1. The van der Waals surface area contributed by atoms with Crippen molar-refractivity contribution < 1.29 is 37.1 Å². The summed E-state index contributed by atoms with van der Waals surface area (Å²) in [6.45, 7) is 0.895. The number of carbonyl (C=O) groups excluding carboxylic acids is 4. The Morgan fingerprint density at radius 2 is 1.86 bits per heavy atom. The van der Waals surface area contributed by atoms with Crippen LogP contribution < -0.4 is 25.4 Å². The van der Waals surface area contributed by atoms with E-state index in [4.69, 9.17) is 0 Å². The van der Waals surface area contributed by atoms with Gasteiger partial charge in [-0.2, -0.15) is 13.5 Å². The van der Waals surface area contributed by atoms with Gasteiger partial charge < -0.3 is 10.4 Å². The number of fused-ring (bicyclic) bond motifs is 2. The molecule has 0 saturated carbocycles. The first kappa shape index (κ1) is 31.6. The van der Waals surface area contributed by atoms with Crippen molar-refractivity contribution in [3.05, 3.63) is 70.7 Å². The maximum Gasteiger partial charge on any atom is 0.329 e. The number of imide groups is 1. The summed E-state index contributed by atoms with van der Waals surface area (Å²) >= 11 is 0. The Morgan fingerprint density at radius 1 is 1.08 bits per heavy atom. The summed E-state index contributed by atoms with van der Waals surface area (Å²) < 4.78 is 46.3. The van der Waals surface area contributed by atoms with Crippen LogP contribution >= 0.6 is 0 Å². The van der Waals surface area contributed by atoms with Crippen LogP contribution in [0.1, 0.15) is 24.6 Å². The molecule has 2 aromatic heterocycles. The highest BCUT2D eigenvalue weighted by molar-refractivity contribution is 7.92. The van der Waals surface area contributed by atoms with Gasteiger partial charge in [0.2, 0.25) is 17.7 Å². The third-order valence-electron chi connectivity index (χ3n) is 8.70. The number of halogens is 1. The molecule has 0 bridgehead atoms. The third kappa shape index (κ3) is 5.25. The van der Waals surface area contributed by atoms with Crippen molar-refractivity contribution in [2.75, 3.05) is 16.2 Å². The Labute approximate surface area is 275 Å². The average Bonchev–Trinajstić information content (AvgIpc) is 3.61. The molecule has 4 amide bonds. The van der Waals surface area contributed by atoms with Crippen LogP contribution in [-0.4, -0.2) is 62.6 Å². The molecule has 18 heteroatoms. The van der Waals surface area contributed by atoms with Gasteiger partial charge in [-0.15, -0.1) is 0 Å². The number of hydrogen-bond acceptors (Lipinski definition) is 9. The van der Waals surface area contributed by atoms with E-state index in [-0.39, 0.29) is 41.8 Å². The van der Waals surface area contributed by atoms with E-state index in [1.165, 1.54) is 32.0 Å². The maximum atomic E-state index is 15.4. The quantitative estimate of drug-likeness (QED) is 0.189. The molecule has 5 aromatic rings. The van der Waals surface area contributed by atoms with Crippen LogP contribution in [0.25, 0.3) is 32.9 Å². The van der Waals surface area contributed by atoms with Crippen molar-refractivity contribution in [2.24, 2.45) is 7.05 Å². The van der Waals surface area contributed by atoms with Gasteiger partial charge in [-0.3, -0.25) is 38.3 Å². The van der Waals surface area contributed by atoms with E-state index in [2.05, 4.69) is 15.7 Å². The highest BCUT2D eigenvalue weighted by Crippen LogP contribution is 2.39. The summed E-state index contributed by atoms with van der Waals surface area (Å²) in [4.78, 5) is 62.0. The van der Waals surface area contributed by atoms with Crippen LogP contribution in [0, 0.1) is 12.7 Å². The second kappa shape index (κ2) is 11.3. The fraction of sp³-hybridized carbons (Fsp3) is 0.226. The van der Waals surface area contributed by atoms with Crippen LogP contribution in [0.3, 0.4) is 0 Å². The van der Waals surface area contributed by atoms with E-state index in [0.717, 1.165) is 6.07 Å². The topological polar surface area (TPSA) is 207 Å². The van der Waals surface area contributed by atoms with Gasteiger partial charge >= 0.3 is 15.9 Å². The van der Waals surface area contributed by atoms with Crippen molar-refractivity contribution >= 4 is 67.0 Å². The van der Waals surface area contributed by atoms with E-state index in [1.54, 1.807) is 43.1 Å². The fourth-order valence-corrected chi connectivity index (χ4v) is 7.45. The lowest BCUT2D eigenvalue weighted by molar-refractivity contribution is -0.135. The first-order valence-corrected chi connectivity index (χ1v) is 16.3. The Morgan fingerprint density at radius 3 is 2.57 bits per heavy atom.